The van der Waals surface area contributed by atoms with Gasteiger partial charge in [0.1, 0.15) is 0 Å². The van der Waals surface area contributed by atoms with Crippen LogP contribution < -0.4 is 4.90 Å². The number of anilines is 3. The third-order valence-corrected chi connectivity index (χ3v) is 13.1. The van der Waals surface area contributed by atoms with Crippen LogP contribution in [-0.4, -0.2) is 0 Å². The third kappa shape index (κ3) is 4.06. The molecule has 0 spiro atoms. The third-order valence-electron chi connectivity index (χ3n) is 12.0. The van der Waals surface area contributed by atoms with Gasteiger partial charge in [0.25, 0.3) is 0 Å². The zero-order valence-electron chi connectivity index (χ0n) is 28.8. The van der Waals surface area contributed by atoms with Gasteiger partial charge in [0.15, 0.2) is 0 Å². The Kier molecular flexibility index (Phi) is 6.21. The number of benzene rings is 8. The molecule has 9 aromatic rings. The van der Waals surface area contributed by atoms with E-state index in [1.54, 1.807) is 0 Å². The highest BCUT2D eigenvalue weighted by atomic mass is 32.1. The Morgan fingerprint density at radius 3 is 1.98 bits per heavy atom. The molecule has 1 aliphatic carbocycles. The molecule has 1 aliphatic rings. The van der Waals surface area contributed by atoms with Crippen molar-refractivity contribution in [1.82, 2.24) is 0 Å². The molecule has 0 amide bonds. The maximum absolute atomic E-state index is 2.51. The molecule has 240 valence electrons. The Hall–Kier alpha value is -5.44. The van der Waals surface area contributed by atoms with E-state index in [9.17, 15) is 0 Å². The van der Waals surface area contributed by atoms with Crippen LogP contribution in [0.2, 0.25) is 0 Å². The van der Waals surface area contributed by atoms with Gasteiger partial charge in [0.2, 0.25) is 0 Å². The fourth-order valence-electron chi connectivity index (χ4n) is 8.66. The topological polar surface area (TPSA) is 3.24 Å². The monoisotopic (exact) mass is 659 g/mol. The lowest BCUT2D eigenvalue weighted by Crippen LogP contribution is -2.43. The number of nitrogens with zero attached hydrogens (tertiary/aromatic N) is 1. The molecule has 8 aromatic carbocycles. The molecule has 0 N–H and O–H groups in total. The maximum atomic E-state index is 2.51. The van der Waals surface area contributed by atoms with Crippen molar-refractivity contribution in [3.8, 4) is 11.1 Å². The second kappa shape index (κ2) is 10.5. The number of thiophene rings is 1. The molecule has 0 saturated heterocycles. The molecule has 1 aromatic heterocycles. The largest absolute Gasteiger partial charge is 0.310 e. The average Bonchev–Trinajstić information content (AvgIpc) is 3.52. The van der Waals surface area contributed by atoms with Crippen LogP contribution >= 0.6 is 11.3 Å². The fourth-order valence-corrected chi connectivity index (χ4v) is 9.74. The van der Waals surface area contributed by atoms with Crippen LogP contribution in [0, 0.1) is 0 Å². The summed E-state index contributed by atoms with van der Waals surface area (Å²) in [6, 6.07) is 56.7. The van der Waals surface area contributed by atoms with Gasteiger partial charge in [-0.2, -0.15) is 0 Å². The maximum Gasteiger partial charge on any atom is 0.0540 e. The van der Waals surface area contributed by atoms with E-state index < -0.39 is 0 Å². The predicted octanol–water partition coefficient (Wildman–Crippen LogP) is 14.2. The summed E-state index contributed by atoms with van der Waals surface area (Å²) in [5, 5.41) is 10.3. The minimum atomic E-state index is -0.0582. The molecule has 0 saturated carbocycles. The quantitative estimate of drug-likeness (QED) is 0.171. The Morgan fingerprint density at radius 2 is 1.12 bits per heavy atom. The van der Waals surface area contributed by atoms with Gasteiger partial charge < -0.3 is 4.90 Å². The van der Waals surface area contributed by atoms with Gasteiger partial charge in [-0.05, 0) is 115 Å². The highest BCUT2D eigenvalue weighted by Gasteiger charge is 2.46. The van der Waals surface area contributed by atoms with Crippen LogP contribution in [0.5, 0.6) is 0 Å². The van der Waals surface area contributed by atoms with E-state index in [1.807, 2.05) is 11.3 Å². The first-order valence-corrected chi connectivity index (χ1v) is 18.4. The summed E-state index contributed by atoms with van der Waals surface area (Å²) in [6.07, 6.45) is 0. The number of para-hydroxylation sites is 1. The van der Waals surface area contributed by atoms with Gasteiger partial charge in [-0.3, -0.25) is 0 Å². The number of hydrogen-bond donors (Lipinski definition) is 0. The average molecular weight is 660 g/mol. The normalized spacial score (nSPS) is 14.7. The molecule has 10 rings (SSSR count). The highest BCUT2D eigenvalue weighted by Crippen LogP contribution is 2.56. The first-order chi connectivity index (χ1) is 24.3. The lowest BCUT2D eigenvalue weighted by atomic mass is 9.55. The lowest BCUT2D eigenvalue weighted by Gasteiger charge is -2.48. The molecule has 0 unspecified atom stereocenters. The van der Waals surface area contributed by atoms with Crippen molar-refractivity contribution in [1.29, 1.82) is 0 Å². The van der Waals surface area contributed by atoms with E-state index >= 15 is 0 Å². The fraction of sp³-hybridized carbons (Fsp3) is 0.125. The summed E-state index contributed by atoms with van der Waals surface area (Å²) < 4.78 is 2.64. The zero-order chi connectivity index (χ0) is 33.8. The van der Waals surface area contributed by atoms with Crippen LogP contribution in [0.1, 0.15) is 38.8 Å². The molecule has 0 fully saturated rings. The van der Waals surface area contributed by atoms with Crippen molar-refractivity contribution in [2.24, 2.45) is 0 Å². The number of fused-ring (bicyclic) bond motifs is 11. The SMILES string of the molecule is CC1(C)c2cc3ccc4c(N(c5ccccc5)c5ccc6sc7ccccc7c6c5)cccc4c3cc2-c2c(ccc3ccccc23)C1(C)C. The van der Waals surface area contributed by atoms with Gasteiger partial charge in [0, 0.05) is 36.9 Å². The Morgan fingerprint density at radius 1 is 0.420 bits per heavy atom. The van der Waals surface area contributed by atoms with E-state index in [0.29, 0.717) is 0 Å². The van der Waals surface area contributed by atoms with Crippen molar-refractivity contribution < 1.29 is 0 Å². The molecule has 1 nitrogen and oxygen atoms in total. The van der Waals surface area contributed by atoms with Gasteiger partial charge in [-0.25, -0.2) is 0 Å². The zero-order valence-corrected chi connectivity index (χ0v) is 29.6. The first-order valence-electron chi connectivity index (χ1n) is 17.6. The smallest absolute Gasteiger partial charge is 0.0540 e. The van der Waals surface area contributed by atoms with Crippen molar-refractivity contribution in [2.45, 2.75) is 38.5 Å². The molecular weight excluding hydrogens is 623 g/mol. The number of hydrogen-bond acceptors (Lipinski definition) is 2. The van der Waals surface area contributed by atoms with Crippen LogP contribution in [0.4, 0.5) is 17.1 Å². The minimum absolute atomic E-state index is 0.0396. The molecule has 0 aliphatic heterocycles. The predicted molar refractivity (Wildman–Crippen MR) is 218 cm³/mol. The lowest BCUT2D eigenvalue weighted by molar-refractivity contribution is 0.299. The summed E-state index contributed by atoms with van der Waals surface area (Å²) >= 11 is 1.87. The molecule has 50 heavy (non-hydrogen) atoms. The van der Waals surface area contributed by atoms with Crippen LogP contribution in [-0.2, 0) is 10.8 Å². The summed E-state index contributed by atoms with van der Waals surface area (Å²) in [7, 11) is 0. The molecular formula is C48H37NS. The summed E-state index contributed by atoms with van der Waals surface area (Å²) in [6.45, 7) is 9.71. The summed E-state index contributed by atoms with van der Waals surface area (Å²) in [4.78, 5) is 2.44. The van der Waals surface area contributed by atoms with Crippen LogP contribution in [0.25, 0.3) is 63.6 Å². The van der Waals surface area contributed by atoms with Gasteiger partial charge >= 0.3 is 0 Å². The Labute approximate surface area is 297 Å². The van der Waals surface area contributed by atoms with Gasteiger partial charge in [0.05, 0.1) is 5.69 Å². The highest BCUT2D eigenvalue weighted by molar-refractivity contribution is 7.25. The summed E-state index contributed by atoms with van der Waals surface area (Å²) in [5.74, 6) is 0. The van der Waals surface area contributed by atoms with E-state index in [2.05, 4.69) is 184 Å². The molecule has 2 heteroatoms. The van der Waals surface area contributed by atoms with E-state index in [1.165, 1.54) is 80.4 Å². The van der Waals surface area contributed by atoms with Crippen molar-refractivity contribution in [2.75, 3.05) is 4.90 Å². The molecule has 0 atom stereocenters. The van der Waals surface area contributed by atoms with Gasteiger partial charge in [-0.1, -0.05) is 125 Å². The van der Waals surface area contributed by atoms with Gasteiger partial charge in [-0.15, -0.1) is 11.3 Å². The first kappa shape index (κ1) is 29.5. The summed E-state index contributed by atoms with van der Waals surface area (Å²) in [5.41, 5.74) is 9.00. The van der Waals surface area contributed by atoms with Crippen LogP contribution in [0.3, 0.4) is 0 Å². The number of rotatable bonds is 3. The Bertz CT molecular complexity index is 2820. The molecule has 0 radical (unpaired) electrons. The standard InChI is InChI=1S/C48H37NS/c1-47(2)41-25-22-30-13-8-9-16-34(30)46(41)40-29-38-31(27-42(40)48(47,3)4)21-24-36-35(38)18-12-19-43(36)49(32-14-6-5-7-15-32)33-23-26-45-39(28-33)37-17-10-11-20-44(37)50-45/h5-29H,1-4H3. The van der Waals surface area contributed by atoms with Crippen molar-refractivity contribution in [3.63, 3.8) is 0 Å². The Balaban J connectivity index is 1.25. The van der Waals surface area contributed by atoms with E-state index in [4.69, 9.17) is 0 Å². The second-order valence-electron chi connectivity index (χ2n) is 15.0. The van der Waals surface area contributed by atoms with Crippen molar-refractivity contribution >= 4 is 80.9 Å². The van der Waals surface area contributed by atoms with Crippen LogP contribution in [0.15, 0.2) is 152 Å². The molecule has 1 heterocycles. The van der Waals surface area contributed by atoms with E-state index in [0.717, 1.165) is 11.4 Å². The second-order valence-corrected chi connectivity index (χ2v) is 16.0. The minimum Gasteiger partial charge on any atom is -0.310 e. The van der Waals surface area contributed by atoms with E-state index in [-0.39, 0.29) is 10.8 Å². The molecule has 0 bridgehead atoms. The van der Waals surface area contributed by atoms with Crippen molar-refractivity contribution in [3.05, 3.63) is 163 Å².